The third kappa shape index (κ3) is 11.2. The third-order valence-electron chi connectivity index (χ3n) is 5.34. The lowest BCUT2D eigenvalue weighted by Gasteiger charge is -2.13. The van der Waals surface area contributed by atoms with E-state index in [2.05, 4.69) is 28.1 Å². The summed E-state index contributed by atoms with van der Waals surface area (Å²) in [5.41, 5.74) is 2.07. The molecule has 0 radical (unpaired) electrons. The average Bonchev–Trinajstić information content (AvgIpc) is 3.43. The molecule has 0 aliphatic carbocycles. The van der Waals surface area contributed by atoms with Crippen LogP contribution >= 0.6 is 34.5 Å². The number of ether oxygens (including phenoxy) is 4. The zero-order chi connectivity index (χ0) is 27.0. The Hall–Kier alpha value is -2.33. The number of aliphatic imine (C=N–C) groups is 1. The van der Waals surface area contributed by atoms with Crippen LogP contribution in [0.15, 0.2) is 58.9 Å². The molecule has 3 aromatic rings. The van der Waals surface area contributed by atoms with Crippen molar-refractivity contribution in [3.8, 4) is 11.5 Å². The van der Waals surface area contributed by atoms with Crippen LogP contribution in [0.25, 0.3) is 0 Å². The second-order valence-corrected chi connectivity index (χ2v) is 10.2. The molecular weight excluding hydrogens is 545 g/mol. The number of rotatable bonds is 16. The molecule has 2 aromatic carbocycles. The summed E-state index contributed by atoms with van der Waals surface area (Å²) in [6, 6.07) is 15.4. The van der Waals surface area contributed by atoms with Gasteiger partial charge in [-0.15, -0.1) is 11.3 Å². The van der Waals surface area contributed by atoms with E-state index in [0.717, 1.165) is 35.8 Å². The van der Waals surface area contributed by atoms with Crippen LogP contribution in [0.1, 0.15) is 22.4 Å². The van der Waals surface area contributed by atoms with Gasteiger partial charge in [-0.1, -0.05) is 41.4 Å². The maximum absolute atomic E-state index is 6.26. The minimum atomic E-state index is 0.471. The van der Waals surface area contributed by atoms with Crippen molar-refractivity contribution in [2.24, 2.45) is 4.99 Å². The first-order valence-electron chi connectivity index (χ1n) is 12.5. The van der Waals surface area contributed by atoms with Gasteiger partial charge in [-0.3, -0.25) is 0 Å². The van der Waals surface area contributed by atoms with Crippen LogP contribution in [0, 0.1) is 6.92 Å². The predicted molar refractivity (Wildman–Crippen MR) is 156 cm³/mol. The van der Waals surface area contributed by atoms with Crippen molar-refractivity contribution in [1.29, 1.82) is 0 Å². The van der Waals surface area contributed by atoms with Gasteiger partial charge in [-0.25, -0.2) is 4.99 Å². The number of benzene rings is 2. The van der Waals surface area contributed by atoms with Gasteiger partial charge >= 0.3 is 0 Å². The number of halogens is 2. The van der Waals surface area contributed by atoms with E-state index in [-0.39, 0.29) is 0 Å². The molecule has 0 aliphatic rings. The highest BCUT2D eigenvalue weighted by molar-refractivity contribution is 7.09. The van der Waals surface area contributed by atoms with Gasteiger partial charge in [0.1, 0.15) is 11.5 Å². The molecule has 3 rings (SSSR count). The summed E-state index contributed by atoms with van der Waals surface area (Å²) < 4.78 is 22.0. The van der Waals surface area contributed by atoms with E-state index in [1.165, 1.54) is 4.88 Å². The molecule has 0 unspecified atom stereocenters. The van der Waals surface area contributed by atoms with Crippen molar-refractivity contribution in [3.63, 3.8) is 0 Å². The zero-order valence-electron chi connectivity index (χ0n) is 21.8. The standard InChI is InChI=1S/C28H35Cl2N3O4S/c1-21-17-22(6-8-26(21)37-27-9-7-23(29)18-25(27)30)19-32-28(33-20-24-5-3-16-38-24)31-10-4-11-35-14-15-36-13-12-34-2/h3,5-9,16-18H,4,10-15,19-20H2,1-2H3,(H2,31,32,33). The van der Waals surface area contributed by atoms with Crippen LogP contribution in [0.3, 0.4) is 0 Å². The molecule has 7 nitrogen and oxygen atoms in total. The summed E-state index contributed by atoms with van der Waals surface area (Å²) in [7, 11) is 1.66. The fourth-order valence-electron chi connectivity index (χ4n) is 3.37. The second-order valence-electron chi connectivity index (χ2n) is 8.37. The molecule has 2 N–H and O–H groups in total. The SMILES string of the molecule is COCCOCCOCCCNC(=NCc1ccc(Oc2ccc(Cl)cc2Cl)c(C)c1)NCc1cccs1. The van der Waals surface area contributed by atoms with Crippen molar-refractivity contribution >= 4 is 40.5 Å². The van der Waals surface area contributed by atoms with E-state index in [1.807, 2.05) is 25.1 Å². The molecule has 1 aromatic heterocycles. The molecule has 0 atom stereocenters. The van der Waals surface area contributed by atoms with E-state index in [9.17, 15) is 0 Å². The van der Waals surface area contributed by atoms with Gasteiger partial charge in [0.2, 0.25) is 0 Å². The minimum absolute atomic E-state index is 0.471. The number of hydrogen-bond acceptors (Lipinski definition) is 6. The molecule has 0 bridgehead atoms. The fourth-order valence-corrected chi connectivity index (χ4v) is 4.47. The number of methoxy groups -OCH3 is 1. The Morgan fingerprint density at radius 3 is 2.45 bits per heavy atom. The monoisotopic (exact) mass is 579 g/mol. The Morgan fingerprint density at radius 2 is 1.71 bits per heavy atom. The molecule has 0 aliphatic heterocycles. The van der Waals surface area contributed by atoms with Gasteiger partial charge in [0, 0.05) is 30.2 Å². The highest BCUT2D eigenvalue weighted by Crippen LogP contribution is 2.33. The van der Waals surface area contributed by atoms with E-state index in [0.29, 0.717) is 61.9 Å². The first-order valence-corrected chi connectivity index (χ1v) is 14.1. The Labute approximate surface area is 239 Å². The quantitative estimate of drug-likeness (QED) is 0.115. The van der Waals surface area contributed by atoms with E-state index >= 15 is 0 Å². The van der Waals surface area contributed by atoms with Gasteiger partial charge in [-0.2, -0.15) is 0 Å². The lowest BCUT2D eigenvalue weighted by molar-refractivity contribution is 0.0245. The van der Waals surface area contributed by atoms with E-state index in [1.54, 1.807) is 36.6 Å². The number of hydrogen-bond donors (Lipinski definition) is 2. The smallest absolute Gasteiger partial charge is 0.191 e. The Morgan fingerprint density at radius 1 is 0.921 bits per heavy atom. The van der Waals surface area contributed by atoms with Gasteiger partial charge in [-0.05, 0) is 60.2 Å². The summed E-state index contributed by atoms with van der Waals surface area (Å²) in [6.07, 6.45) is 0.857. The number of thiophene rings is 1. The molecule has 38 heavy (non-hydrogen) atoms. The zero-order valence-corrected chi connectivity index (χ0v) is 24.1. The average molecular weight is 581 g/mol. The molecule has 0 saturated carbocycles. The number of nitrogens with one attached hydrogen (secondary N) is 2. The molecular formula is C28H35Cl2N3O4S. The van der Waals surface area contributed by atoms with Crippen molar-refractivity contribution in [2.75, 3.05) is 46.7 Å². The molecule has 206 valence electrons. The lowest BCUT2D eigenvalue weighted by atomic mass is 10.1. The van der Waals surface area contributed by atoms with Crippen molar-refractivity contribution in [2.45, 2.75) is 26.4 Å². The second kappa shape index (κ2) is 17.3. The molecule has 1 heterocycles. The lowest BCUT2D eigenvalue weighted by Crippen LogP contribution is -2.37. The summed E-state index contributed by atoms with van der Waals surface area (Å²) in [5.74, 6) is 2.06. The van der Waals surface area contributed by atoms with Crippen molar-refractivity contribution in [1.82, 2.24) is 10.6 Å². The molecule has 0 saturated heterocycles. The van der Waals surface area contributed by atoms with Crippen LogP contribution < -0.4 is 15.4 Å². The summed E-state index contributed by atoms with van der Waals surface area (Å²) in [6.45, 7) is 6.97. The molecule has 0 fully saturated rings. The number of aryl methyl sites for hydroxylation is 1. The topological polar surface area (TPSA) is 73.3 Å². The normalized spacial score (nSPS) is 11.5. The van der Waals surface area contributed by atoms with Gasteiger partial charge in [0.25, 0.3) is 0 Å². The highest BCUT2D eigenvalue weighted by atomic mass is 35.5. The maximum atomic E-state index is 6.26. The van der Waals surface area contributed by atoms with Crippen LogP contribution in [-0.4, -0.2) is 52.6 Å². The van der Waals surface area contributed by atoms with Gasteiger partial charge < -0.3 is 29.6 Å². The first kappa shape index (κ1) is 30.2. The minimum Gasteiger partial charge on any atom is -0.456 e. The van der Waals surface area contributed by atoms with Crippen LogP contribution in [0.5, 0.6) is 11.5 Å². The maximum Gasteiger partial charge on any atom is 0.191 e. The highest BCUT2D eigenvalue weighted by Gasteiger charge is 2.08. The van der Waals surface area contributed by atoms with Gasteiger partial charge in [0.15, 0.2) is 5.96 Å². The van der Waals surface area contributed by atoms with Gasteiger partial charge in [0.05, 0.1) is 44.5 Å². The van der Waals surface area contributed by atoms with Crippen molar-refractivity contribution < 1.29 is 18.9 Å². The summed E-state index contributed by atoms with van der Waals surface area (Å²) in [5, 5.41) is 9.94. The largest absolute Gasteiger partial charge is 0.456 e. The first-order chi connectivity index (χ1) is 18.5. The molecule has 0 spiro atoms. The van der Waals surface area contributed by atoms with Crippen LogP contribution in [0.2, 0.25) is 10.0 Å². The molecule has 0 amide bonds. The fraction of sp³-hybridized carbons (Fsp3) is 0.393. The van der Waals surface area contributed by atoms with E-state index in [4.69, 9.17) is 47.1 Å². The summed E-state index contributed by atoms with van der Waals surface area (Å²) in [4.78, 5) is 6.04. The number of guanidine groups is 1. The predicted octanol–water partition coefficient (Wildman–Crippen LogP) is 6.46. The Balaban J connectivity index is 1.50. The van der Waals surface area contributed by atoms with Crippen LogP contribution in [0.4, 0.5) is 0 Å². The number of nitrogens with zero attached hydrogens (tertiary/aromatic N) is 1. The third-order valence-corrected chi connectivity index (χ3v) is 6.75. The van der Waals surface area contributed by atoms with E-state index < -0.39 is 0 Å². The molecule has 10 heteroatoms. The van der Waals surface area contributed by atoms with Crippen molar-refractivity contribution in [3.05, 3.63) is 80.0 Å². The Kier molecular flexibility index (Phi) is 13.8. The summed E-state index contributed by atoms with van der Waals surface area (Å²) >= 11 is 14.0. The van der Waals surface area contributed by atoms with Crippen LogP contribution in [-0.2, 0) is 27.3 Å². The Bertz CT molecular complexity index is 1130.